The quantitative estimate of drug-likeness (QED) is 0.831. The monoisotopic (exact) mass is 222 g/mol. The Hall–Kier alpha value is -0.830. The molecule has 1 fully saturated rings. The highest BCUT2D eigenvalue weighted by molar-refractivity contribution is 4.96. The number of imidazole rings is 1. The van der Waals surface area contributed by atoms with E-state index in [0.29, 0.717) is 0 Å². The van der Waals surface area contributed by atoms with Crippen molar-refractivity contribution in [2.45, 2.75) is 58.1 Å². The molecule has 2 rings (SSSR count). The van der Waals surface area contributed by atoms with Crippen LogP contribution in [0.1, 0.15) is 57.4 Å². The maximum absolute atomic E-state index is 10.1. The largest absolute Gasteiger partial charge is 0.385 e. The van der Waals surface area contributed by atoms with E-state index in [9.17, 15) is 5.11 Å². The van der Waals surface area contributed by atoms with Crippen molar-refractivity contribution >= 4 is 0 Å². The third-order valence-electron chi connectivity index (χ3n) is 3.71. The number of hydrogen-bond donors (Lipinski definition) is 1. The van der Waals surface area contributed by atoms with Gasteiger partial charge in [0, 0.05) is 18.9 Å². The van der Waals surface area contributed by atoms with Crippen molar-refractivity contribution in [2.24, 2.45) is 5.92 Å². The number of rotatable bonds is 5. The summed E-state index contributed by atoms with van der Waals surface area (Å²) in [6.45, 7) is 2.96. The van der Waals surface area contributed by atoms with Gasteiger partial charge in [0.05, 0.1) is 0 Å². The van der Waals surface area contributed by atoms with Crippen molar-refractivity contribution in [1.29, 1.82) is 0 Å². The van der Waals surface area contributed by atoms with Crippen molar-refractivity contribution in [3.8, 4) is 0 Å². The summed E-state index contributed by atoms with van der Waals surface area (Å²) in [5.74, 6) is 1.68. The Bertz CT molecular complexity index is 315. The van der Waals surface area contributed by atoms with Gasteiger partial charge in [-0.2, -0.15) is 0 Å². The molecule has 0 aromatic carbocycles. The first-order valence-electron chi connectivity index (χ1n) is 6.50. The van der Waals surface area contributed by atoms with E-state index >= 15 is 0 Å². The van der Waals surface area contributed by atoms with E-state index in [1.807, 2.05) is 10.8 Å². The molecule has 0 aliphatic heterocycles. The summed E-state index contributed by atoms with van der Waals surface area (Å²) < 4.78 is 2.03. The van der Waals surface area contributed by atoms with Crippen molar-refractivity contribution in [3.63, 3.8) is 0 Å². The normalized spacial score (nSPS) is 19.1. The minimum atomic E-state index is -0.379. The van der Waals surface area contributed by atoms with Crippen molar-refractivity contribution in [2.75, 3.05) is 0 Å². The van der Waals surface area contributed by atoms with E-state index in [4.69, 9.17) is 0 Å². The highest BCUT2D eigenvalue weighted by atomic mass is 16.3. The SMILES string of the molecule is CCn1ccnc1C(O)CCC1CCCC1. The fraction of sp³-hybridized carbons (Fsp3) is 0.769. The molecule has 0 bridgehead atoms. The third-order valence-corrected chi connectivity index (χ3v) is 3.71. The van der Waals surface area contributed by atoms with Crippen LogP contribution in [-0.4, -0.2) is 14.7 Å². The molecular weight excluding hydrogens is 200 g/mol. The molecule has 16 heavy (non-hydrogen) atoms. The van der Waals surface area contributed by atoms with Crippen LogP contribution in [0.15, 0.2) is 12.4 Å². The lowest BCUT2D eigenvalue weighted by molar-refractivity contribution is 0.143. The smallest absolute Gasteiger partial charge is 0.137 e. The first kappa shape index (κ1) is 11.6. The molecule has 0 radical (unpaired) electrons. The van der Waals surface area contributed by atoms with E-state index < -0.39 is 0 Å². The predicted molar refractivity (Wildman–Crippen MR) is 64.1 cm³/mol. The van der Waals surface area contributed by atoms with Gasteiger partial charge in [0.1, 0.15) is 11.9 Å². The summed E-state index contributed by atoms with van der Waals surface area (Å²) in [5, 5.41) is 10.1. The highest BCUT2D eigenvalue weighted by Crippen LogP contribution is 2.31. The molecule has 1 saturated carbocycles. The van der Waals surface area contributed by atoms with Crippen LogP contribution in [-0.2, 0) is 6.54 Å². The fourth-order valence-electron chi connectivity index (χ4n) is 2.71. The average Bonchev–Trinajstić information content (AvgIpc) is 2.96. The number of aromatic nitrogens is 2. The lowest BCUT2D eigenvalue weighted by Crippen LogP contribution is -2.09. The molecule has 90 valence electrons. The lowest BCUT2D eigenvalue weighted by atomic mass is 9.99. The number of aryl methyl sites for hydroxylation is 1. The van der Waals surface area contributed by atoms with Crippen LogP contribution in [0.5, 0.6) is 0 Å². The number of hydrogen-bond acceptors (Lipinski definition) is 2. The number of nitrogens with zero attached hydrogens (tertiary/aromatic N) is 2. The molecule has 0 spiro atoms. The summed E-state index contributed by atoms with van der Waals surface area (Å²) >= 11 is 0. The van der Waals surface area contributed by atoms with E-state index in [0.717, 1.165) is 31.1 Å². The van der Waals surface area contributed by atoms with Gasteiger partial charge in [0.25, 0.3) is 0 Å². The van der Waals surface area contributed by atoms with Crippen LogP contribution < -0.4 is 0 Å². The molecule has 0 saturated heterocycles. The van der Waals surface area contributed by atoms with Crippen molar-refractivity contribution < 1.29 is 5.11 Å². The van der Waals surface area contributed by atoms with Gasteiger partial charge >= 0.3 is 0 Å². The topological polar surface area (TPSA) is 38.0 Å². The van der Waals surface area contributed by atoms with E-state index in [1.54, 1.807) is 6.20 Å². The number of aliphatic hydroxyl groups is 1. The van der Waals surface area contributed by atoms with Gasteiger partial charge < -0.3 is 9.67 Å². The summed E-state index contributed by atoms with van der Waals surface area (Å²) in [6.07, 6.45) is 10.8. The number of aliphatic hydroxyl groups excluding tert-OH is 1. The standard InChI is InChI=1S/C13H22N2O/c1-2-15-10-9-14-13(15)12(16)8-7-11-5-3-4-6-11/h9-12,16H,2-8H2,1H3. The van der Waals surface area contributed by atoms with Gasteiger partial charge in [-0.25, -0.2) is 4.98 Å². The predicted octanol–water partition coefficient (Wildman–Crippen LogP) is 2.91. The first-order valence-corrected chi connectivity index (χ1v) is 6.50. The van der Waals surface area contributed by atoms with E-state index in [2.05, 4.69) is 11.9 Å². The summed E-state index contributed by atoms with van der Waals surface area (Å²) in [4.78, 5) is 4.25. The van der Waals surface area contributed by atoms with Gasteiger partial charge in [-0.1, -0.05) is 25.7 Å². The highest BCUT2D eigenvalue weighted by Gasteiger charge is 2.19. The minimum Gasteiger partial charge on any atom is -0.385 e. The summed E-state index contributed by atoms with van der Waals surface area (Å²) in [7, 11) is 0. The molecule has 0 amide bonds. The van der Waals surface area contributed by atoms with E-state index in [1.165, 1.54) is 25.7 Å². The van der Waals surface area contributed by atoms with Gasteiger partial charge in [-0.15, -0.1) is 0 Å². The Labute approximate surface area is 97.5 Å². The molecule has 1 aliphatic carbocycles. The second-order valence-electron chi connectivity index (χ2n) is 4.82. The molecule has 1 N–H and O–H groups in total. The Morgan fingerprint density at radius 3 is 2.94 bits per heavy atom. The fourth-order valence-corrected chi connectivity index (χ4v) is 2.71. The van der Waals surface area contributed by atoms with Gasteiger partial charge in [-0.05, 0) is 25.7 Å². The third kappa shape index (κ3) is 2.64. The molecule has 1 aromatic heterocycles. The maximum Gasteiger partial charge on any atom is 0.137 e. The second kappa shape index (κ2) is 5.48. The first-order chi connectivity index (χ1) is 7.81. The molecule has 1 aromatic rings. The average molecular weight is 222 g/mol. The zero-order chi connectivity index (χ0) is 11.4. The summed E-state index contributed by atoms with van der Waals surface area (Å²) in [6, 6.07) is 0. The van der Waals surface area contributed by atoms with Crippen LogP contribution >= 0.6 is 0 Å². The van der Waals surface area contributed by atoms with Gasteiger partial charge in [-0.3, -0.25) is 0 Å². The molecule has 1 unspecified atom stereocenters. The molecule has 3 nitrogen and oxygen atoms in total. The molecule has 1 atom stereocenters. The Morgan fingerprint density at radius 1 is 1.50 bits per heavy atom. The van der Waals surface area contributed by atoms with Crippen molar-refractivity contribution in [3.05, 3.63) is 18.2 Å². The zero-order valence-electron chi connectivity index (χ0n) is 10.1. The van der Waals surface area contributed by atoms with E-state index in [-0.39, 0.29) is 6.10 Å². The van der Waals surface area contributed by atoms with Crippen molar-refractivity contribution in [1.82, 2.24) is 9.55 Å². The lowest BCUT2D eigenvalue weighted by Gasteiger charge is -2.14. The molecular formula is C13H22N2O. The summed E-state index contributed by atoms with van der Waals surface area (Å²) in [5.41, 5.74) is 0. The Morgan fingerprint density at radius 2 is 2.25 bits per heavy atom. The maximum atomic E-state index is 10.1. The van der Waals surface area contributed by atoms with Crippen LogP contribution in [0.3, 0.4) is 0 Å². The Kier molecular flexibility index (Phi) is 3.99. The minimum absolute atomic E-state index is 0.379. The molecule has 1 heterocycles. The van der Waals surface area contributed by atoms with Gasteiger partial charge in [0.15, 0.2) is 0 Å². The van der Waals surface area contributed by atoms with Crippen LogP contribution in [0.25, 0.3) is 0 Å². The van der Waals surface area contributed by atoms with Crippen LogP contribution in [0, 0.1) is 5.92 Å². The van der Waals surface area contributed by atoms with Gasteiger partial charge in [0.2, 0.25) is 0 Å². The second-order valence-corrected chi connectivity index (χ2v) is 4.82. The molecule has 1 aliphatic rings. The molecule has 3 heteroatoms. The van der Waals surface area contributed by atoms with Crippen LogP contribution in [0.4, 0.5) is 0 Å². The zero-order valence-corrected chi connectivity index (χ0v) is 10.1. The Balaban J connectivity index is 1.84. The van der Waals surface area contributed by atoms with Crippen LogP contribution in [0.2, 0.25) is 0 Å².